The maximum Gasteiger partial charge on any atom is 0.177 e. The smallest absolute Gasteiger partial charge is 0.177 e. The van der Waals surface area contributed by atoms with E-state index in [1.807, 2.05) is 30.3 Å². The molecule has 2 heterocycles. The highest BCUT2D eigenvalue weighted by atomic mass is 16.5. The quantitative estimate of drug-likeness (QED) is 0.764. The third kappa shape index (κ3) is 2.46. The number of rotatable bonds is 5. The first-order chi connectivity index (χ1) is 10.8. The zero-order valence-corrected chi connectivity index (χ0v) is 12.5. The van der Waals surface area contributed by atoms with Crippen molar-refractivity contribution in [3.8, 4) is 22.8 Å². The van der Waals surface area contributed by atoms with Crippen molar-refractivity contribution in [1.29, 1.82) is 0 Å². The van der Waals surface area contributed by atoms with E-state index in [0.717, 1.165) is 17.1 Å². The number of hydrogen-bond donors (Lipinski definition) is 1. The third-order valence-corrected chi connectivity index (χ3v) is 3.37. The van der Waals surface area contributed by atoms with E-state index in [4.69, 9.17) is 15.2 Å². The highest BCUT2D eigenvalue weighted by molar-refractivity contribution is 5.64. The van der Waals surface area contributed by atoms with E-state index in [0.29, 0.717) is 30.1 Å². The van der Waals surface area contributed by atoms with E-state index in [1.165, 1.54) is 0 Å². The van der Waals surface area contributed by atoms with Gasteiger partial charge in [0.1, 0.15) is 0 Å². The van der Waals surface area contributed by atoms with Gasteiger partial charge in [-0.3, -0.25) is 0 Å². The summed E-state index contributed by atoms with van der Waals surface area (Å²) in [5, 5.41) is 12.8. The Morgan fingerprint density at radius 1 is 1.05 bits per heavy atom. The van der Waals surface area contributed by atoms with Crippen LogP contribution in [0.1, 0.15) is 5.82 Å². The Kier molecular flexibility index (Phi) is 3.88. The van der Waals surface area contributed by atoms with Crippen molar-refractivity contribution in [2.45, 2.75) is 6.42 Å². The van der Waals surface area contributed by atoms with Gasteiger partial charge in [-0.15, -0.1) is 10.2 Å². The fourth-order valence-corrected chi connectivity index (χ4v) is 2.27. The second-order valence-corrected chi connectivity index (χ2v) is 4.71. The minimum absolute atomic E-state index is 0.503. The first kappa shape index (κ1) is 14.3. The molecule has 0 aliphatic rings. The molecule has 7 heteroatoms. The van der Waals surface area contributed by atoms with E-state index in [-0.39, 0.29) is 0 Å². The van der Waals surface area contributed by atoms with Crippen molar-refractivity contribution >= 4 is 5.65 Å². The van der Waals surface area contributed by atoms with Gasteiger partial charge in [-0.2, -0.15) is 9.61 Å². The summed E-state index contributed by atoms with van der Waals surface area (Å²) in [6, 6.07) is 9.46. The fourth-order valence-electron chi connectivity index (χ4n) is 2.27. The topological polar surface area (TPSA) is 87.6 Å². The Morgan fingerprint density at radius 2 is 1.86 bits per heavy atom. The summed E-state index contributed by atoms with van der Waals surface area (Å²) in [5.41, 5.74) is 8.01. The molecule has 0 atom stereocenters. The molecular weight excluding hydrogens is 282 g/mol. The molecule has 0 fully saturated rings. The van der Waals surface area contributed by atoms with Crippen molar-refractivity contribution in [3.63, 3.8) is 0 Å². The maximum atomic E-state index is 5.59. The van der Waals surface area contributed by atoms with E-state index in [9.17, 15) is 0 Å². The predicted octanol–water partition coefficient (Wildman–Crippen LogP) is 1.31. The van der Waals surface area contributed by atoms with E-state index < -0.39 is 0 Å². The van der Waals surface area contributed by atoms with Crippen LogP contribution >= 0.6 is 0 Å². The Hall–Kier alpha value is -2.67. The predicted molar refractivity (Wildman–Crippen MR) is 82.1 cm³/mol. The molecule has 2 aromatic heterocycles. The number of aromatic nitrogens is 4. The molecule has 0 radical (unpaired) electrons. The number of hydrogen-bond acceptors (Lipinski definition) is 6. The van der Waals surface area contributed by atoms with E-state index >= 15 is 0 Å². The van der Waals surface area contributed by atoms with Crippen LogP contribution in [0.4, 0.5) is 0 Å². The second kappa shape index (κ2) is 5.98. The van der Waals surface area contributed by atoms with Crippen LogP contribution < -0.4 is 15.2 Å². The van der Waals surface area contributed by atoms with Crippen molar-refractivity contribution in [2.24, 2.45) is 5.73 Å². The van der Waals surface area contributed by atoms with Gasteiger partial charge in [0.2, 0.25) is 0 Å². The van der Waals surface area contributed by atoms with Gasteiger partial charge in [-0.1, -0.05) is 0 Å². The lowest BCUT2D eigenvalue weighted by Gasteiger charge is -2.09. The van der Waals surface area contributed by atoms with E-state index in [2.05, 4.69) is 15.3 Å². The van der Waals surface area contributed by atoms with Crippen molar-refractivity contribution in [1.82, 2.24) is 19.8 Å². The normalized spacial score (nSPS) is 10.9. The SMILES string of the molecule is COc1ccc(-c2ccc3nnc(CCN)n3n2)cc1OC. The van der Waals surface area contributed by atoms with Crippen LogP contribution in [0.15, 0.2) is 30.3 Å². The minimum atomic E-state index is 0.503. The first-order valence-corrected chi connectivity index (χ1v) is 6.90. The van der Waals surface area contributed by atoms with Crippen LogP contribution in [0.5, 0.6) is 11.5 Å². The van der Waals surface area contributed by atoms with Gasteiger partial charge in [0.25, 0.3) is 0 Å². The molecule has 3 rings (SSSR count). The summed E-state index contributed by atoms with van der Waals surface area (Å²) in [6.07, 6.45) is 0.629. The zero-order chi connectivity index (χ0) is 15.5. The number of fused-ring (bicyclic) bond motifs is 1. The number of ether oxygens (including phenoxy) is 2. The number of nitrogens with zero attached hydrogens (tertiary/aromatic N) is 4. The van der Waals surface area contributed by atoms with Gasteiger partial charge in [-0.25, -0.2) is 0 Å². The monoisotopic (exact) mass is 299 g/mol. The third-order valence-electron chi connectivity index (χ3n) is 3.37. The molecule has 0 spiro atoms. The van der Waals surface area contributed by atoms with Crippen molar-refractivity contribution in [3.05, 3.63) is 36.2 Å². The zero-order valence-electron chi connectivity index (χ0n) is 12.5. The fraction of sp³-hybridized carbons (Fsp3) is 0.267. The van der Waals surface area contributed by atoms with Crippen LogP contribution in [0, 0.1) is 0 Å². The van der Waals surface area contributed by atoms with Gasteiger partial charge in [0.15, 0.2) is 23.0 Å². The molecule has 22 heavy (non-hydrogen) atoms. The van der Waals surface area contributed by atoms with Gasteiger partial charge < -0.3 is 15.2 Å². The molecule has 0 saturated carbocycles. The van der Waals surface area contributed by atoms with Gasteiger partial charge >= 0.3 is 0 Å². The Morgan fingerprint density at radius 3 is 2.59 bits per heavy atom. The summed E-state index contributed by atoms with van der Waals surface area (Å²) in [5.74, 6) is 2.09. The lowest BCUT2D eigenvalue weighted by Crippen LogP contribution is -2.08. The molecule has 0 saturated heterocycles. The van der Waals surface area contributed by atoms with Crippen LogP contribution in [0.2, 0.25) is 0 Å². The Bertz CT molecular complexity index is 800. The number of nitrogens with two attached hydrogens (primary N) is 1. The van der Waals surface area contributed by atoms with Crippen LogP contribution in [-0.2, 0) is 6.42 Å². The van der Waals surface area contributed by atoms with Crippen LogP contribution in [-0.4, -0.2) is 40.6 Å². The van der Waals surface area contributed by atoms with Crippen LogP contribution in [0.3, 0.4) is 0 Å². The molecule has 114 valence electrons. The molecule has 7 nitrogen and oxygen atoms in total. The summed E-state index contributed by atoms with van der Waals surface area (Å²) in [7, 11) is 3.22. The molecule has 0 aliphatic heterocycles. The van der Waals surface area contributed by atoms with E-state index in [1.54, 1.807) is 18.7 Å². The average Bonchev–Trinajstić information content (AvgIpc) is 2.97. The summed E-state index contributed by atoms with van der Waals surface area (Å²) >= 11 is 0. The minimum Gasteiger partial charge on any atom is -0.493 e. The Balaban J connectivity index is 2.07. The molecule has 3 aromatic rings. The molecule has 0 amide bonds. The van der Waals surface area contributed by atoms with Crippen LogP contribution in [0.25, 0.3) is 16.9 Å². The number of methoxy groups -OCH3 is 2. The molecule has 0 aliphatic carbocycles. The van der Waals surface area contributed by atoms with Gasteiger partial charge in [-0.05, 0) is 36.9 Å². The largest absolute Gasteiger partial charge is 0.493 e. The second-order valence-electron chi connectivity index (χ2n) is 4.71. The van der Waals surface area contributed by atoms with Gasteiger partial charge in [0, 0.05) is 12.0 Å². The van der Waals surface area contributed by atoms with Gasteiger partial charge in [0.05, 0.1) is 19.9 Å². The molecule has 2 N–H and O–H groups in total. The average molecular weight is 299 g/mol. The summed E-state index contributed by atoms with van der Waals surface area (Å²) in [4.78, 5) is 0. The Labute approximate surface area is 127 Å². The standard InChI is InChI=1S/C15H17N5O2/c1-21-12-5-3-10(9-13(12)22-2)11-4-6-14-17-18-15(7-8-16)20(14)19-11/h3-6,9H,7-8,16H2,1-2H3. The lowest BCUT2D eigenvalue weighted by molar-refractivity contribution is 0.355. The molecule has 0 bridgehead atoms. The van der Waals surface area contributed by atoms with Crippen molar-refractivity contribution in [2.75, 3.05) is 20.8 Å². The highest BCUT2D eigenvalue weighted by Gasteiger charge is 2.10. The number of benzene rings is 1. The first-order valence-electron chi connectivity index (χ1n) is 6.90. The van der Waals surface area contributed by atoms with Crippen molar-refractivity contribution < 1.29 is 9.47 Å². The maximum absolute atomic E-state index is 5.59. The highest BCUT2D eigenvalue weighted by Crippen LogP contribution is 2.31. The summed E-state index contributed by atoms with van der Waals surface area (Å²) in [6.45, 7) is 0.503. The molecule has 0 unspecified atom stereocenters. The summed E-state index contributed by atoms with van der Waals surface area (Å²) < 4.78 is 12.3. The lowest BCUT2D eigenvalue weighted by atomic mass is 10.1. The molecule has 1 aromatic carbocycles. The molecular formula is C15H17N5O2.